The third-order valence-corrected chi connectivity index (χ3v) is 4.27. The number of alkyl halides is 3. The Kier molecular flexibility index (Phi) is 4.48. The number of hydrogen-bond acceptors (Lipinski definition) is 8. The summed E-state index contributed by atoms with van der Waals surface area (Å²) in [5.74, 6) is -2.60. The van der Waals surface area contributed by atoms with E-state index < -0.39 is 51.8 Å². The molecule has 0 saturated carbocycles. The van der Waals surface area contributed by atoms with E-state index >= 15 is 0 Å². The number of azide groups is 1. The molecule has 0 N–H and O–H groups in total. The van der Waals surface area contributed by atoms with Crippen LogP contribution < -0.4 is 0 Å². The lowest BCUT2D eigenvalue weighted by Crippen LogP contribution is -2.50. The quantitative estimate of drug-likeness (QED) is 0.174. The van der Waals surface area contributed by atoms with E-state index in [0.717, 1.165) is 0 Å². The van der Waals surface area contributed by atoms with Gasteiger partial charge in [0.05, 0.1) is 6.54 Å². The third kappa shape index (κ3) is 3.15. The maximum atomic E-state index is 12.4. The summed E-state index contributed by atoms with van der Waals surface area (Å²) >= 11 is 0. The van der Waals surface area contributed by atoms with Crippen molar-refractivity contribution in [3.05, 3.63) is 10.4 Å². The summed E-state index contributed by atoms with van der Waals surface area (Å²) in [5.41, 5.74) is 0.426. The Morgan fingerprint density at radius 3 is 2.58 bits per heavy atom. The minimum Gasteiger partial charge on any atom is -0.457 e. The van der Waals surface area contributed by atoms with Gasteiger partial charge in [0.15, 0.2) is 5.79 Å². The first kappa shape index (κ1) is 18.7. The van der Waals surface area contributed by atoms with Gasteiger partial charge >= 0.3 is 21.6 Å². The number of carbonyl (C=O) groups is 1. The van der Waals surface area contributed by atoms with Gasteiger partial charge in [-0.25, -0.2) is 4.79 Å². The summed E-state index contributed by atoms with van der Waals surface area (Å²) in [6.07, 6.45) is -2.47. The van der Waals surface area contributed by atoms with E-state index in [1.807, 2.05) is 0 Å². The molecule has 3 atom stereocenters. The molecule has 2 aliphatic rings. The molecule has 0 aliphatic carbocycles. The average molecular weight is 375 g/mol. The number of fused-ring (bicyclic) bond motifs is 1. The molecule has 0 aromatic heterocycles. The number of esters is 1. The average Bonchev–Trinajstić information content (AvgIpc) is 2.84. The van der Waals surface area contributed by atoms with Crippen molar-refractivity contribution in [2.75, 3.05) is 13.2 Å². The maximum Gasteiger partial charge on any atom is 0.523 e. The second-order valence-corrected chi connectivity index (χ2v) is 7.06. The molecule has 0 spiro atoms. The van der Waals surface area contributed by atoms with Crippen LogP contribution in [0.25, 0.3) is 10.4 Å². The lowest BCUT2D eigenvalue weighted by molar-refractivity contribution is -0.201. The molecular formula is C10H12F3N3O7S. The van der Waals surface area contributed by atoms with E-state index in [0.29, 0.717) is 0 Å². The molecule has 2 aliphatic heterocycles. The number of rotatable bonds is 5. The van der Waals surface area contributed by atoms with Crippen LogP contribution >= 0.6 is 0 Å². The molecule has 0 unspecified atom stereocenters. The molecule has 10 nitrogen and oxygen atoms in total. The summed E-state index contributed by atoms with van der Waals surface area (Å²) in [6.45, 7) is 1.06. The van der Waals surface area contributed by atoms with E-state index in [1.54, 1.807) is 0 Å². The van der Waals surface area contributed by atoms with Crippen LogP contribution in [0.3, 0.4) is 0 Å². The molecule has 2 heterocycles. The van der Waals surface area contributed by atoms with E-state index in [4.69, 9.17) is 19.7 Å². The van der Waals surface area contributed by atoms with E-state index in [9.17, 15) is 26.4 Å². The summed E-state index contributed by atoms with van der Waals surface area (Å²) in [4.78, 5) is 14.6. The van der Waals surface area contributed by atoms with Crippen molar-refractivity contribution in [1.29, 1.82) is 0 Å². The Balaban J connectivity index is 2.30. The standard InChI is InChI=1S/C10H12F3N3O7S/c1-8(2)22-6-5(3-15-16-14)21-7(17)9(6,23-8)4-20-24(18,19)10(11,12)13/h5-6H,3-4H2,1-2H3/t5-,6-,9-/m1/s1. The van der Waals surface area contributed by atoms with Crippen molar-refractivity contribution in [3.63, 3.8) is 0 Å². The zero-order valence-corrected chi connectivity index (χ0v) is 13.1. The molecule has 136 valence electrons. The van der Waals surface area contributed by atoms with Crippen molar-refractivity contribution in [1.82, 2.24) is 0 Å². The number of cyclic esters (lactones) is 1. The molecule has 0 bridgehead atoms. The smallest absolute Gasteiger partial charge is 0.457 e. The molecule has 0 aromatic rings. The van der Waals surface area contributed by atoms with Gasteiger partial charge in [-0.2, -0.15) is 21.6 Å². The van der Waals surface area contributed by atoms with Crippen LogP contribution in [0.1, 0.15) is 13.8 Å². The Morgan fingerprint density at radius 2 is 2.04 bits per heavy atom. The van der Waals surface area contributed by atoms with Gasteiger partial charge in [0.1, 0.15) is 18.8 Å². The van der Waals surface area contributed by atoms with Crippen LogP contribution in [-0.2, 0) is 33.3 Å². The van der Waals surface area contributed by atoms with Crippen LogP contribution in [-0.4, -0.2) is 56.6 Å². The van der Waals surface area contributed by atoms with Gasteiger partial charge in [-0.3, -0.25) is 4.18 Å². The van der Waals surface area contributed by atoms with Crippen molar-refractivity contribution >= 4 is 16.1 Å². The van der Waals surface area contributed by atoms with Crippen LogP contribution in [0, 0.1) is 0 Å². The van der Waals surface area contributed by atoms with Gasteiger partial charge < -0.3 is 14.2 Å². The first-order valence-electron chi connectivity index (χ1n) is 6.40. The summed E-state index contributed by atoms with van der Waals surface area (Å²) < 4.78 is 78.8. The minimum absolute atomic E-state index is 0.375. The maximum absolute atomic E-state index is 12.4. The predicted octanol–water partition coefficient (Wildman–Crippen LogP) is 0.979. The number of ether oxygens (including phenoxy) is 3. The molecule has 24 heavy (non-hydrogen) atoms. The number of hydrogen-bond donors (Lipinski definition) is 0. The van der Waals surface area contributed by atoms with Gasteiger partial charge in [-0.05, 0) is 19.4 Å². The molecule has 14 heteroatoms. The molecule has 2 rings (SSSR count). The Hall–Kier alpha value is -1.60. The van der Waals surface area contributed by atoms with Gasteiger partial charge in [0.2, 0.25) is 5.60 Å². The molecule has 0 amide bonds. The van der Waals surface area contributed by atoms with Gasteiger partial charge in [0, 0.05) is 4.91 Å². The highest BCUT2D eigenvalue weighted by Crippen LogP contribution is 2.45. The molecule has 2 fully saturated rings. The first-order valence-corrected chi connectivity index (χ1v) is 7.81. The number of nitrogens with zero attached hydrogens (tertiary/aromatic N) is 3. The second-order valence-electron chi connectivity index (χ2n) is 5.45. The van der Waals surface area contributed by atoms with Crippen LogP contribution in [0.15, 0.2) is 5.11 Å². The first-order chi connectivity index (χ1) is 10.8. The molecule has 0 radical (unpaired) electrons. The van der Waals surface area contributed by atoms with Crippen molar-refractivity contribution < 1.29 is 44.8 Å². The SMILES string of the molecule is CC1(C)O[C@@H]2[C@@H](CN=[N+]=[N-])OC(=O)[C@]2(COS(=O)(=O)C(F)(F)F)O1. The number of halogens is 3. The van der Waals surface area contributed by atoms with E-state index in [2.05, 4.69) is 14.2 Å². The van der Waals surface area contributed by atoms with Crippen molar-refractivity contribution in [3.8, 4) is 0 Å². The second kappa shape index (κ2) is 5.74. The minimum atomic E-state index is -5.95. The van der Waals surface area contributed by atoms with E-state index in [1.165, 1.54) is 13.8 Å². The summed E-state index contributed by atoms with van der Waals surface area (Å²) in [7, 11) is -5.95. The van der Waals surface area contributed by atoms with Crippen LogP contribution in [0.2, 0.25) is 0 Å². The molecular weight excluding hydrogens is 363 g/mol. The van der Waals surface area contributed by atoms with Gasteiger partial charge in [0.25, 0.3) is 0 Å². The third-order valence-electron chi connectivity index (χ3n) is 3.28. The topological polar surface area (TPSA) is 137 Å². The lowest BCUT2D eigenvalue weighted by Gasteiger charge is -2.24. The highest BCUT2D eigenvalue weighted by atomic mass is 32.2. The monoisotopic (exact) mass is 375 g/mol. The number of carbonyl (C=O) groups excluding carboxylic acids is 1. The summed E-state index contributed by atoms with van der Waals surface area (Å²) in [5, 5.41) is 3.20. The van der Waals surface area contributed by atoms with Gasteiger partial charge in [-0.1, -0.05) is 5.11 Å². The van der Waals surface area contributed by atoms with Crippen LogP contribution in [0.5, 0.6) is 0 Å². The molecule has 0 aromatic carbocycles. The highest BCUT2D eigenvalue weighted by molar-refractivity contribution is 7.87. The predicted molar refractivity (Wildman–Crippen MR) is 67.6 cm³/mol. The van der Waals surface area contributed by atoms with E-state index in [-0.39, 0.29) is 6.54 Å². The van der Waals surface area contributed by atoms with Crippen molar-refractivity contribution in [2.45, 2.75) is 43.0 Å². The fraction of sp³-hybridized carbons (Fsp3) is 0.900. The Bertz CT molecular complexity index is 688. The molecule has 2 saturated heterocycles. The highest BCUT2D eigenvalue weighted by Gasteiger charge is 2.68. The fourth-order valence-electron chi connectivity index (χ4n) is 2.41. The van der Waals surface area contributed by atoms with Crippen molar-refractivity contribution in [2.24, 2.45) is 5.11 Å². The summed E-state index contributed by atoms with van der Waals surface area (Å²) in [6, 6.07) is 0. The fourth-order valence-corrected chi connectivity index (χ4v) is 2.87. The van der Waals surface area contributed by atoms with Crippen LogP contribution in [0.4, 0.5) is 13.2 Å². The Morgan fingerprint density at radius 1 is 1.42 bits per heavy atom. The zero-order chi connectivity index (χ0) is 18.4. The lowest BCUT2D eigenvalue weighted by atomic mass is 9.97. The largest absolute Gasteiger partial charge is 0.523 e. The Labute approximate surface area is 133 Å². The zero-order valence-electron chi connectivity index (χ0n) is 12.3. The van der Waals surface area contributed by atoms with Gasteiger partial charge in [-0.15, -0.1) is 0 Å². The normalized spacial score (nSPS) is 32.1.